The number of nitrogens with zero attached hydrogens (tertiary/aromatic N) is 6. The first-order valence-electron chi connectivity index (χ1n) is 32.9. The molecule has 0 bridgehead atoms. The molecular weight excluding hydrogens is 1250 g/mol. The molecule has 1 spiro atoms. The van der Waals surface area contributed by atoms with Gasteiger partial charge in [-0.15, -0.1) is 0 Å². The minimum absolute atomic E-state index is 0.0309. The number of carboxylic acid groups (broad SMARTS) is 1. The molecule has 0 aromatic heterocycles. The van der Waals surface area contributed by atoms with Gasteiger partial charge in [0.25, 0.3) is 5.91 Å². The van der Waals surface area contributed by atoms with Crippen LogP contribution in [0.1, 0.15) is 109 Å². The molecule has 6 aromatic carbocycles. The molecule has 0 saturated carbocycles. The lowest BCUT2D eigenvalue weighted by Crippen LogP contribution is -2.50. The van der Waals surface area contributed by atoms with Crippen molar-refractivity contribution in [1.82, 2.24) is 24.5 Å². The third-order valence-corrected chi connectivity index (χ3v) is 19.4. The fourth-order valence-corrected chi connectivity index (χ4v) is 13.9. The number of piperidine rings is 2. The van der Waals surface area contributed by atoms with E-state index in [1.54, 1.807) is 16.8 Å². The maximum absolute atomic E-state index is 14.2. The Morgan fingerprint density at radius 1 is 0.677 bits per heavy atom. The largest absolute Gasteiger partial charge is 0.465 e. The van der Waals surface area contributed by atoms with E-state index < -0.39 is 64.6 Å². The molecule has 2 atom stereocenters. The molecule has 512 valence electrons. The Bertz CT molecular complexity index is 3610. The molecular formula is C73H83F7N8O8. The van der Waals surface area contributed by atoms with Crippen LogP contribution in [0.25, 0.3) is 11.1 Å². The van der Waals surface area contributed by atoms with E-state index in [-0.39, 0.29) is 61.9 Å². The Balaban J connectivity index is 0.608. The monoisotopic (exact) mass is 1330 g/mol. The van der Waals surface area contributed by atoms with Crippen LogP contribution >= 0.6 is 0 Å². The predicted octanol–water partition coefficient (Wildman–Crippen LogP) is 13.2. The molecule has 5 amide bonds. The molecule has 3 saturated heterocycles. The zero-order valence-corrected chi connectivity index (χ0v) is 54.1. The third-order valence-electron chi connectivity index (χ3n) is 19.4. The number of fused-ring (bicyclic) bond motifs is 2. The van der Waals surface area contributed by atoms with Gasteiger partial charge in [0, 0.05) is 107 Å². The fourth-order valence-electron chi connectivity index (χ4n) is 13.9. The van der Waals surface area contributed by atoms with Gasteiger partial charge in [-0.25, -0.2) is 9.18 Å². The van der Waals surface area contributed by atoms with E-state index >= 15 is 0 Å². The summed E-state index contributed by atoms with van der Waals surface area (Å²) < 4.78 is 110. The van der Waals surface area contributed by atoms with E-state index in [2.05, 4.69) is 32.6 Å². The Morgan fingerprint density at radius 2 is 1.31 bits per heavy atom. The molecule has 3 N–H and O–H groups in total. The Kier molecular flexibility index (Phi) is 22.9. The summed E-state index contributed by atoms with van der Waals surface area (Å²) in [6.45, 7) is 4.68. The maximum Gasteiger partial charge on any atom is 0.416 e. The van der Waals surface area contributed by atoms with Gasteiger partial charge in [-0.3, -0.25) is 24.1 Å². The van der Waals surface area contributed by atoms with Gasteiger partial charge in [0.05, 0.1) is 29.5 Å². The number of nitrogens with one attached hydrogen (secondary N) is 2. The highest BCUT2D eigenvalue weighted by Gasteiger charge is 2.50. The van der Waals surface area contributed by atoms with E-state index in [4.69, 9.17) is 9.47 Å². The van der Waals surface area contributed by atoms with Crippen molar-refractivity contribution in [2.75, 3.05) is 108 Å². The van der Waals surface area contributed by atoms with Crippen LogP contribution in [0.15, 0.2) is 146 Å². The molecule has 23 heteroatoms. The van der Waals surface area contributed by atoms with Gasteiger partial charge in [0.1, 0.15) is 24.8 Å². The van der Waals surface area contributed by atoms with Crippen molar-refractivity contribution < 1.29 is 69.3 Å². The molecule has 10 rings (SSSR count). The number of rotatable bonds is 26. The highest BCUT2D eigenvalue weighted by molar-refractivity contribution is 5.95. The van der Waals surface area contributed by atoms with E-state index in [1.165, 1.54) is 29.2 Å². The molecule has 0 unspecified atom stereocenters. The summed E-state index contributed by atoms with van der Waals surface area (Å²) in [5, 5.41) is 16.7. The van der Waals surface area contributed by atoms with Crippen molar-refractivity contribution in [2.45, 2.75) is 113 Å². The van der Waals surface area contributed by atoms with Crippen molar-refractivity contribution >= 4 is 46.8 Å². The van der Waals surface area contributed by atoms with E-state index in [9.17, 15) is 59.8 Å². The molecule has 3 heterocycles. The third kappa shape index (κ3) is 17.4. The average Bonchev–Trinajstić information content (AvgIpc) is 1.56. The molecule has 96 heavy (non-hydrogen) atoms. The minimum Gasteiger partial charge on any atom is -0.465 e. The summed E-state index contributed by atoms with van der Waals surface area (Å²) in [5.74, 6) is -1.92. The summed E-state index contributed by atoms with van der Waals surface area (Å²) in [4.78, 5) is 76.5. The standard InChI is InChI=1S/C73H83F7N8O8/c1-83(36-13-20-65(89)82-59-28-26-58(27-29-59)81-35-12-4-7-21-66(90)84(2)42-43-85-37-30-60(31-38-85)88(69(93)94)63-19-11-9-17-61(63)51-14-5-3-6-15-51)67(91)48-95-64-46-52-16-8-10-18-62(52)70(64)32-39-86(40-33-70)41-34-71(54-22-24-57(74)25-23-54)49-87(50-96-71)68(92)53-44-55(72(75,76)77)47-56(45-53)73(78,79)80/h3,5-6,8-11,14-19,22-29,44-45,47,60,64,81H,4,7,12-13,20-21,30-43,46,48-50H2,1-2H3,(H,82,89)(H,93,94)/t64-,71-/m0/s1. The SMILES string of the molecule is CN(CCN1CCC(N(C(=O)O)c2ccccc2-c2ccccc2)CC1)C(=O)CCCCCNc1ccc(NC(=O)CCCN(C)C(=O)CO[C@H]2Cc3ccccc3C23CCN(CC[C@@]2(c4ccc(F)cc4)CN(C(=O)c4cc(C(F)(F)F)cc(C(F)(F)F)c4)CO2)CC3)cc1. The minimum atomic E-state index is -5.15. The van der Waals surface area contributed by atoms with Gasteiger partial charge in [-0.05, 0) is 154 Å². The first-order valence-corrected chi connectivity index (χ1v) is 32.9. The van der Waals surface area contributed by atoms with Crippen LogP contribution in [0.3, 0.4) is 0 Å². The number of alkyl halides is 6. The number of benzene rings is 6. The second-order valence-corrected chi connectivity index (χ2v) is 25.7. The Labute approximate surface area is 555 Å². The molecule has 4 aliphatic rings. The number of amides is 5. The van der Waals surface area contributed by atoms with Crippen LogP contribution in [-0.2, 0) is 53.6 Å². The average molecular weight is 1330 g/mol. The first-order chi connectivity index (χ1) is 46.0. The maximum atomic E-state index is 14.2. The highest BCUT2D eigenvalue weighted by atomic mass is 19.4. The van der Waals surface area contributed by atoms with Crippen LogP contribution < -0.4 is 15.5 Å². The van der Waals surface area contributed by atoms with Gasteiger partial charge < -0.3 is 49.7 Å². The zero-order chi connectivity index (χ0) is 68.2. The second-order valence-electron chi connectivity index (χ2n) is 25.7. The summed E-state index contributed by atoms with van der Waals surface area (Å²) in [5.41, 5.74) is 1.18. The smallest absolute Gasteiger partial charge is 0.416 e. The van der Waals surface area contributed by atoms with E-state index in [1.807, 2.05) is 98.0 Å². The van der Waals surface area contributed by atoms with Gasteiger partial charge in [-0.2, -0.15) is 26.3 Å². The fraction of sp³-hybridized carbons (Fsp3) is 0.438. The van der Waals surface area contributed by atoms with Crippen LogP contribution in [0, 0.1) is 5.82 Å². The highest BCUT2D eigenvalue weighted by Crippen LogP contribution is 2.49. The lowest BCUT2D eigenvalue weighted by molar-refractivity contribution is -0.143. The first kappa shape index (κ1) is 70.4. The molecule has 3 aliphatic heterocycles. The van der Waals surface area contributed by atoms with Gasteiger partial charge in [0.15, 0.2) is 0 Å². The van der Waals surface area contributed by atoms with Crippen molar-refractivity contribution in [3.8, 4) is 11.1 Å². The quantitative estimate of drug-likeness (QED) is 0.0349. The van der Waals surface area contributed by atoms with E-state index in [0.29, 0.717) is 107 Å². The Hall–Kier alpha value is -8.38. The number of likely N-dealkylation sites (tertiary alicyclic amines) is 2. The van der Waals surface area contributed by atoms with Gasteiger partial charge >= 0.3 is 18.4 Å². The van der Waals surface area contributed by atoms with Crippen LogP contribution in [-0.4, -0.2) is 164 Å². The number of hydrogen-bond donors (Lipinski definition) is 3. The lowest BCUT2D eigenvalue weighted by Gasteiger charge is -2.44. The number of hydrogen-bond acceptors (Lipinski definition) is 10. The van der Waals surface area contributed by atoms with Crippen LogP contribution in [0.2, 0.25) is 0 Å². The number of unbranched alkanes of at least 4 members (excludes halogenated alkanes) is 2. The van der Waals surface area contributed by atoms with E-state index in [0.717, 1.165) is 78.3 Å². The molecule has 16 nitrogen and oxygen atoms in total. The predicted molar refractivity (Wildman–Crippen MR) is 352 cm³/mol. The number of likely N-dealkylation sites (N-methyl/N-ethyl adjacent to an activating group) is 2. The Morgan fingerprint density at radius 3 is 2.00 bits per heavy atom. The molecule has 6 aromatic rings. The van der Waals surface area contributed by atoms with Gasteiger partial charge in [-0.1, -0.05) is 91.3 Å². The number of anilines is 3. The summed E-state index contributed by atoms with van der Waals surface area (Å²) >= 11 is 0. The topological polar surface area (TPSA) is 168 Å². The molecule has 1 aliphatic carbocycles. The summed E-state index contributed by atoms with van der Waals surface area (Å²) in [7, 11) is 3.52. The lowest BCUT2D eigenvalue weighted by atomic mass is 9.72. The summed E-state index contributed by atoms with van der Waals surface area (Å²) in [6.07, 6.45) is -4.39. The summed E-state index contributed by atoms with van der Waals surface area (Å²) in [6, 6.07) is 39.1. The zero-order valence-electron chi connectivity index (χ0n) is 54.1. The molecule has 0 radical (unpaired) electrons. The number of carbonyl (C=O) groups excluding carboxylic acids is 4. The number of para-hydroxylation sites is 1. The van der Waals surface area contributed by atoms with Gasteiger partial charge in [0.2, 0.25) is 17.7 Å². The number of carbonyl (C=O) groups is 5. The normalized spacial score (nSPS) is 18.3. The van der Waals surface area contributed by atoms with Crippen LogP contribution in [0.5, 0.6) is 0 Å². The number of halogens is 7. The molecule has 3 fully saturated rings. The van der Waals surface area contributed by atoms with Crippen molar-refractivity contribution in [3.63, 3.8) is 0 Å². The van der Waals surface area contributed by atoms with Crippen molar-refractivity contribution in [3.05, 3.63) is 185 Å². The van der Waals surface area contributed by atoms with Crippen LogP contribution in [0.4, 0.5) is 52.6 Å². The van der Waals surface area contributed by atoms with Crippen molar-refractivity contribution in [1.29, 1.82) is 0 Å². The second kappa shape index (κ2) is 31.2. The number of ether oxygens (including phenoxy) is 2. The van der Waals surface area contributed by atoms with Crippen molar-refractivity contribution in [2.24, 2.45) is 0 Å².